The van der Waals surface area contributed by atoms with E-state index in [4.69, 9.17) is 18.9 Å². The van der Waals surface area contributed by atoms with Crippen molar-refractivity contribution in [2.75, 3.05) is 46.0 Å². The summed E-state index contributed by atoms with van der Waals surface area (Å²) in [6.45, 7) is 9.96. The Kier molecular flexibility index (Phi) is 41.3. The molecule has 1 N–H and O–H groups in total. The van der Waals surface area contributed by atoms with Crippen molar-refractivity contribution in [2.45, 2.75) is 252 Å². The van der Waals surface area contributed by atoms with E-state index in [0.717, 1.165) is 77.4 Å². The summed E-state index contributed by atoms with van der Waals surface area (Å²) in [4.78, 5) is 53.3. The number of ether oxygens (including phenoxy) is 4. The van der Waals surface area contributed by atoms with Gasteiger partial charge in [0.05, 0.1) is 5.92 Å². The first-order valence-electron chi connectivity index (χ1n) is 26.7. The minimum atomic E-state index is -0.537. The van der Waals surface area contributed by atoms with Crippen LogP contribution in [0.5, 0.6) is 0 Å². The third-order valence-corrected chi connectivity index (χ3v) is 12.3. The number of hydrogen-bond acceptors (Lipinski definition) is 9. The van der Waals surface area contributed by atoms with Crippen LogP contribution in [0.3, 0.4) is 0 Å². The number of amides is 1. The van der Waals surface area contributed by atoms with E-state index in [1.54, 1.807) is 0 Å². The average Bonchev–Trinajstić information content (AvgIpc) is 3.56. The molecule has 63 heavy (non-hydrogen) atoms. The lowest BCUT2D eigenvalue weighted by Gasteiger charge is -2.20. The highest BCUT2D eigenvalue weighted by atomic mass is 16.6. The normalized spacial score (nSPS) is 13.8. The number of alkyl carbamates (subject to hydrolysis) is 1. The van der Waals surface area contributed by atoms with Crippen molar-refractivity contribution in [2.24, 2.45) is 5.92 Å². The van der Waals surface area contributed by atoms with Gasteiger partial charge in [-0.1, -0.05) is 161 Å². The van der Waals surface area contributed by atoms with Gasteiger partial charge in [-0.3, -0.25) is 14.4 Å². The molecule has 0 bridgehead atoms. The van der Waals surface area contributed by atoms with E-state index in [0.29, 0.717) is 19.4 Å². The zero-order chi connectivity index (χ0) is 45.7. The first-order chi connectivity index (χ1) is 30.9. The van der Waals surface area contributed by atoms with Gasteiger partial charge in [0.15, 0.2) is 0 Å². The lowest BCUT2D eigenvalue weighted by atomic mass is 10.0. The molecule has 1 rings (SSSR count). The number of rotatable bonds is 43. The van der Waals surface area contributed by atoms with Crippen LogP contribution >= 0.6 is 0 Å². The summed E-state index contributed by atoms with van der Waals surface area (Å²) in [6.07, 6.45) is 41.6. The Morgan fingerprint density at radius 3 is 1.44 bits per heavy atom. The van der Waals surface area contributed by atoms with Crippen LogP contribution in [0.25, 0.3) is 0 Å². The molecule has 1 unspecified atom stereocenters. The number of nitrogens with one attached hydrogen (secondary N) is 1. The fourth-order valence-electron chi connectivity index (χ4n) is 8.16. The Hall–Kier alpha value is -2.62. The molecule has 1 heterocycles. The number of likely N-dealkylation sites (tertiary alicyclic amines) is 1. The molecule has 0 aromatic carbocycles. The van der Waals surface area contributed by atoms with Gasteiger partial charge in [0.25, 0.3) is 0 Å². The second kappa shape index (κ2) is 44.6. The molecule has 1 atom stereocenters. The van der Waals surface area contributed by atoms with Gasteiger partial charge in [0.2, 0.25) is 0 Å². The SMILES string of the molecule is CCCCCCCC/C=C\CCCCCCCC(=O)OCC(COC(=O)CCCC(=O)OC(CCCCCCCC)CCCCCCCC)COC(=O)NCCN1CCCCCC1. The molecule has 0 spiro atoms. The fourth-order valence-corrected chi connectivity index (χ4v) is 8.16. The molecule has 0 radical (unpaired) electrons. The molecular weight excluding hydrogens is 793 g/mol. The van der Waals surface area contributed by atoms with E-state index in [-0.39, 0.29) is 50.7 Å². The van der Waals surface area contributed by atoms with Gasteiger partial charge in [-0.05, 0) is 90.1 Å². The highest BCUT2D eigenvalue weighted by Gasteiger charge is 2.19. The van der Waals surface area contributed by atoms with E-state index in [2.05, 4.69) is 43.1 Å². The van der Waals surface area contributed by atoms with Gasteiger partial charge in [-0.25, -0.2) is 4.79 Å². The summed E-state index contributed by atoms with van der Waals surface area (Å²) in [5.41, 5.74) is 0. The summed E-state index contributed by atoms with van der Waals surface area (Å²) >= 11 is 0. The van der Waals surface area contributed by atoms with Gasteiger partial charge >= 0.3 is 24.0 Å². The van der Waals surface area contributed by atoms with Crippen LogP contribution in [0.15, 0.2) is 12.2 Å². The summed E-state index contributed by atoms with van der Waals surface area (Å²) in [5, 5.41) is 2.84. The zero-order valence-electron chi connectivity index (χ0n) is 41.2. The van der Waals surface area contributed by atoms with Gasteiger partial charge in [0, 0.05) is 32.4 Å². The predicted molar refractivity (Wildman–Crippen MR) is 259 cm³/mol. The first-order valence-corrected chi connectivity index (χ1v) is 26.7. The fraction of sp³-hybridized carbons (Fsp3) is 0.887. The molecule has 0 aromatic rings. The van der Waals surface area contributed by atoms with Crippen LogP contribution in [0.2, 0.25) is 0 Å². The maximum Gasteiger partial charge on any atom is 0.407 e. The lowest BCUT2D eigenvalue weighted by Crippen LogP contribution is -2.36. The molecule has 10 heteroatoms. The van der Waals surface area contributed by atoms with Crippen LogP contribution in [0, 0.1) is 5.92 Å². The second-order valence-electron chi connectivity index (χ2n) is 18.4. The van der Waals surface area contributed by atoms with E-state index in [1.807, 2.05) is 0 Å². The number of hydrogen-bond donors (Lipinski definition) is 1. The molecule has 0 aliphatic carbocycles. The highest BCUT2D eigenvalue weighted by Crippen LogP contribution is 2.19. The lowest BCUT2D eigenvalue weighted by molar-refractivity contribution is -0.150. The van der Waals surface area contributed by atoms with Crippen molar-refractivity contribution in [3.05, 3.63) is 12.2 Å². The molecule has 0 saturated carbocycles. The van der Waals surface area contributed by atoms with E-state index >= 15 is 0 Å². The predicted octanol–water partition coefficient (Wildman–Crippen LogP) is 13.9. The van der Waals surface area contributed by atoms with Gasteiger partial charge in [-0.2, -0.15) is 0 Å². The van der Waals surface area contributed by atoms with Crippen LogP contribution in [0.4, 0.5) is 4.79 Å². The molecular formula is C53H98N2O8. The Morgan fingerprint density at radius 1 is 0.492 bits per heavy atom. The van der Waals surface area contributed by atoms with Gasteiger partial charge in [-0.15, -0.1) is 0 Å². The first kappa shape index (κ1) is 58.4. The van der Waals surface area contributed by atoms with Crippen LogP contribution < -0.4 is 5.32 Å². The van der Waals surface area contributed by atoms with Crippen LogP contribution in [0.1, 0.15) is 245 Å². The summed E-state index contributed by atoms with van der Waals surface area (Å²) in [6, 6.07) is 0. The molecule has 1 aliphatic heterocycles. The maximum atomic E-state index is 12.9. The van der Waals surface area contributed by atoms with Crippen LogP contribution in [-0.2, 0) is 33.3 Å². The number of allylic oxidation sites excluding steroid dienone is 2. The smallest absolute Gasteiger partial charge is 0.407 e. The Morgan fingerprint density at radius 2 is 0.921 bits per heavy atom. The molecule has 368 valence electrons. The Balaban J connectivity index is 2.48. The third kappa shape index (κ3) is 39.5. The van der Waals surface area contributed by atoms with Crippen molar-refractivity contribution in [3.8, 4) is 0 Å². The summed E-state index contributed by atoms with van der Waals surface area (Å²) in [7, 11) is 0. The van der Waals surface area contributed by atoms with E-state index in [1.165, 1.54) is 141 Å². The summed E-state index contributed by atoms with van der Waals surface area (Å²) in [5.74, 6) is -1.49. The molecule has 1 fully saturated rings. The number of carbonyl (C=O) groups is 4. The second-order valence-corrected chi connectivity index (χ2v) is 18.4. The minimum Gasteiger partial charge on any atom is -0.465 e. The Labute approximate surface area is 386 Å². The largest absolute Gasteiger partial charge is 0.465 e. The maximum absolute atomic E-state index is 12.9. The summed E-state index contributed by atoms with van der Waals surface area (Å²) < 4.78 is 22.6. The number of carbonyl (C=O) groups excluding carboxylic acids is 4. The topological polar surface area (TPSA) is 120 Å². The number of nitrogens with zero attached hydrogens (tertiary/aromatic N) is 1. The van der Waals surface area contributed by atoms with E-state index in [9.17, 15) is 19.2 Å². The number of unbranched alkanes of at least 4 members (excludes halogenated alkanes) is 21. The highest BCUT2D eigenvalue weighted by molar-refractivity contribution is 5.72. The Bertz CT molecular complexity index is 1090. The van der Waals surface area contributed by atoms with Gasteiger partial charge in [0.1, 0.15) is 25.9 Å². The average molecular weight is 891 g/mol. The molecule has 1 aliphatic rings. The van der Waals surface area contributed by atoms with Crippen LogP contribution in [-0.4, -0.2) is 81.0 Å². The third-order valence-electron chi connectivity index (χ3n) is 12.3. The van der Waals surface area contributed by atoms with E-state index < -0.39 is 18.0 Å². The standard InChI is InChI=1S/C53H98N2O8/c1-4-7-10-13-16-17-18-19-20-21-22-23-24-27-32-38-50(56)60-45-48(47-62-53(59)54-41-44-55-42-33-28-29-34-43-55)46-61-51(57)39-35-40-52(58)63-49(36-30-25-14-11-8-5-2)37-31-26-15-12-9-6-3/h19-20,48-49H,4-18,21-47H2,1-3H3,(H,54,59)/b20-19-. The van der Waals surface area contributed by atoms with Crippen molar-refractivity contribution < 1.29 is 38.1 Å². The molecule has 1 amide bonds. The molecule has 1 saturated heterocycles. The quantitative estimate of drug-likeness (QED) is 0.0276. The van der Waals surface area contributed by atoms with Gasteiger partial charge < -0.3 is 29.2 Å². The minimum absolute atomic E-state index is 0.0107. The van der Waals surface area contributed by atoms with Crippen molar-refractivity contribution in [3.63, 3.8) is 0 Å². The van der Waals surface area contributed by atoms with Crippen molar-refractivity contribution in [1.82, 2.24) is 10.2 Å². The molecule has 10 nitrogen and oxygen atoms in total. The number of esters is 3. The molecule has 0 aromatic heterocycles. The zero-order valence-corrected chi connectivity index (χ0v) is 41.2. The van der Waals surface area contributed by atoms with Crippen molar-refractivity contribution >= 4 is 24.0 Å². The monoisotopic (exact) mass is 891 g/mol. The van der Waals surface area contributed by atoms with Crippen molar-refractivity contribution in [1.29, 1.82) is 0 Å².